The molecule has 2 fully saturated rings. The Morgan fingerprint density at radius 2 is 1.57 bits per heavy atom. The first-order valence-electron chi connectivity index (χ1n) is 11.3. The second kappa shape index (κ2) is 7.91. The van der Waals surface area contributed by atoms with Crippen molar-refractivity contribution < 1.29 is 4.74 Å². The average molecular weight is 376 g/mol. The van der Waals surface area contributed by atoms with Crippen molar-refractivity contribution in [2.75, 3.05) is 20.2 Å². The Morgan fingerprint density at radius 1 is 0.821 bits per heavy atom. The highest BCUT2D eigenvalue weighted by Crippen LogP contribution is 2.45. The zero-order chi connectivity index (χ0) is 18.9. The molecule has 0 aromatic heterocycles. The van der Waals surface area contributed by atoms with E-state index < -0.39 is 0 Å². The van der Waals surface area contributed by atoms with Gasteiger partial charge < -0.3 is 9.64 Å². The van der Waals surface area contributed by atoms with Crippen molar-refractivity contribution in [2.24, 2.45) is 5.92 Å². The molecule has 2 nitrogen and oxygen atoms in total. The summed E-state index contributed by atoms with van der Waals surface area (Å²) in [6, 6.07) is 16.8. The number of piperidine rings is 1. The molecule has 1 atom stereocenters. The lowest BCUT2D eigenvalue weighted by Crippen LogP contribution is -2.41. The average Bonchev–Trinajstić information content (AvgIpc) is 3.23. The summed E-state index contributed by atoms with van der Waals surface area (Å²) < 4.78 is 5.78. The molecule has 148 valence electrons. The van der Waals surface area contributed by atoms with Crippen molar-refractivity contribution in [3.05, 3.63) is 64.7 Å². The molecule has 28 heavy (non-hydrogen) atoms. The Kier molecular flexibility index (Phi) is 5.15. The second-order valence-electron chi connectivity index (χ2n) is 9.02. The first kappa shape index (κ1) is 18.2. The smallest absolute Gasteiger partial charge is 0.122 e. The summed E-state index contributed by atoms with van der Waals surface area (Å²) in [5.41, 5.74) is 6.10. The molecule has 5 rings (SSSR count). The van der Waals surface area contributed by atoms with Crippen LogP contribution in [-0.4, -0.2) is 31.1 Å². The molecule has 1 saturated heterocycles. The molecule has 1 aliphatic heterocycles. The number of nitrogens with zero attached hydrogens (tertiary/aromatic N) is 1. The number of aryl methyl sites for hydroxylation is 1. The zero-order valence-electron chi connectivity index (χ0n) is 17.2. The molecule has 3 aliphatic rings. The van der Waals surface area contributed by atoms with Crippen LogP contribution in [0.25, 0.3) is 0 Å². The van der Waals surface area contributed by atoms with Gasteiger partial charge in [0, 0.05) is 12.0 Å². The van der Waals surface area contributed by atoms with E-state index in [1.807, 2.05) is 7.11 Å². The third kappa shape index (κ3) is 3.26. The first-order valence-corrected chi connectivity index (χ1v) is 11.3. The summed E-state index contributed by atoms with van der Waals surface area (Å²) in [5, 5.41) is 0. The first-order chi connectivity index (χ1) is 13.8. The summed E-state index contributed by atoms with van der Waals surface area (Å²) in [5.74, 6) is 2.34. The van der Waals surface area contributed by atoms with Gasteiger partial charge in [-0.25, -0.2) is 0 Å². The van der Waals surface area contributed by atoms with E-state index >= 15 is 0 Å². The molecule has 0 amide bonds. The van der Waals surface area contributed by atoms with Crippen molar-refractivity contribution in [1.29, 1.82) is 0 Å². The molecule has 2 aromatic rings. The molecule has 1 unspecified atom stereocenters. The molecular formula is C26H33NO. The molecule has 0 spiro atoms. The van der Waals surface area contributed by atoms with E-state index in [0.717, 1.165) is 30.6 Å². The summed E-state index contributed by atoms with van der Waals surface area (Å²) in [4.78, 5) is 2.80. The number of fused-ring (bicyclic) bond motifs is 2. The summed E-state index contributed by atoms with van der Waals surface area (Å²) >= 11 is 0. The lowest BCUT2D eigenvalue weighted by molar-refractivity contribution is 0.128. The number of hydrogen-bond donors (Lipinski definition) is 0. The largest absolute Gasteiger partial charge is 0.496 e. The van der Waals surface area contributed by atoms with Crippen molar-refractivity contribution >= 4 is 0 Å². The Balaban J connectivity index is 1.48. The van der Waals surface area contributed by atoms with Crippen molar-refractivity contribution in [3.63, 3.8) is 0 Å². The van der Waals surface area contributed by atoms with Gasteiger partial charge in [-0.2, -0.15) is 0 Å². The van der Waals surface area contributed by atoms with Crippen LogP contribution in [0, 0.1) is 5.92 Å². The van der Waals surface area contributed by atoms with Gasteiger partial charge in [0.1, 0.15) is 5.75 Å². The number of benzene rings is 2. The van der Waals surface area contributed by atoms with Crippen LogP contribution < -0.4 is 4.74 Å². The molecule has 1 saturated carbocycles. The lowest BCUT2D eigenvalue weighted by atomic mass is 9.74. The van der Waals surface area contributed by atoms with Crippen LogP contribution in [0.15, 0.2) is 42.5 Å². The Bertz CT molecular complexity index is 815. The fourth-order valence-corrected chi connectivity index (χ4v) is 6.22. The third-order valence-electron chi connectivity index (χ3n) is 7.65. The van der Waals surface area contributed by atoms with Gasteiger partial charge in [-0.15, -0.1) is 0 Å². The molecule has 1 heterocycles. The van der Waals surface area contributed by atoms with Gasteiger partial charge in [-0.1, -0.05) is 49.2 Å². The Morgan fingerprint density at radius 3 is 2.36 bits per heavy atom. The number of hydrogen-bond acceptors (Lipinski definition) is 2. The summed E-state index contributed by atoms with van der Waals surface area (Å²) in [6.07, 6.45) is 10.6. The van der Waals surface area contributed by atoms with Gasteiger partial charge in [0.25, 0.3) is 0 Å². The number of rotatable bonds is 3. The predicted octanol–water partition coefficient (Wildman–Crippen LogP) is 5.58. The normalized spacial score (nSPS) is 23.8. The van der Waals surface area contributed by atoms with Crippen LogP contribution in [0.4, 0.5) is 0 Å². The van der Waals surface area contributed by atoms with Gasteiger partial charge in [0.2, 0.25) is 0 Å². The maximum atomic E-state index is 5.78. The minimum Gasteiger partial charge on any atom is -0.496 e. The highest BCUT2D eigenvalue weighted by molar-refractivity contribution is 5.50. The van der Waals surface area contributed by atoms with Gasteiger partial charge in [-0.3, -0.25) is 0 Å². The van der Waals surface area contributed by atoms with E-state index in [0.29, 0.717) is 5.92 Å². The number of likely N-dealkylation sites (tertiary alicyclic amines) is 1. The quantitative estimate of drug-likeness (QED) is 0.694. The van der Waals surface area contributed by atoms with Gasteiger partial charge in [0.15, 0.2) is 0 Å². The molecule has 0 radical (unpaired) electrons. The van der Waals surface area contributed by atoms with Gasteiger partial charge in [-0.05, 0) is 85.9 Å². The Labute approximate surface area is 169 Å². The van der Waals surface area contributed by atoms with E-state index in [1.54, 1.807) is 11.1 Å². The van der Waals surface area contributed by atoms with Crippen LogP contribution in [0.5, 0.6) is 5.75 Å². The molecule has 2 aromatic carbocycles. The number of ether oxygens (including phenoxy) is 1. The van der Waals surface area contributed by atoms with Crippen molar-refractivity contribution in [1.82, 2.24) is 4.90 Å². The number of methoxy groups -OCH3 is 1. The fourth-order valence-electron chi connectivity index (χ4n) is 6.22. The topological polar surface area (TPSA) is 12.5 Å². The monoisotopic (exact) mass is 375 g/mol. The molecule has 0 N–H and O–H groups in total. The minimum atomic E-state index is 0.523. The van der Waals surface area contributed by atoms with Crippen molar-refractivity contribution in [2.45, 2.75) is 63.3 Å². The van der Waals surface area contributed by atoms with Crippen molar-refractivity contribution in [3.8, 4) is 5.75 Å². The van der Waals surface area contributed by atoms with Crippen LogP contribution in [0.2, 0.25) is 0 Å². The standard InChI is InChI=1S/C26H33NO/c1-28-25-12-6-11-24-23(25)14-13-19-7-2-5-10-22(19)26(24)20-15-17-27(18-16-20)21-8-3-4-9-21/h2,5-7,10-12,20-21,26H,3-4,8-9,13-18H2,1H3. The van der Waals surface area contributed by atoms with E-state index in [-0.39, 0.29) is 0 Å². The third-order valence-corrected chi connectivity index (χ3v) is 7.65. The summed E-state index contributed by atoms with van der Waals surface area (Å²) in [6.45, 7) is 2.57. The minimum absolute atomic E-state index is 0.523. The SMILES string of the molecule is COc1cccc2c1CCc1ccccc1C2C1CCN(C2CCCC2)CC1. The summed E-state index contributed by atoms with van der Waals surface area (Å²) in [7, 11) is 1.82. The van der Waals surface area contributed by atoms with Crippen LogP contribution >= 0.6 is 0 Å². The van der Waals surface area contributed by atoms with Crippen LogP contribution in [-0.2, 0) is 12.8 Å². The Hall–Kier alpha value is -1.80. The fraction of sp³-hybridized carbons (Fsp3) is 0.538. The molecule has 2 aliphatic carbocycles. The van der Waals surface area contributed by atoms with E-state index in [4.69, 9.17) is 4.74 Å². The van der Waals surface area contributed by atoms with Gasteiger partial charge in [0.05, 0.1) is 7.11 Å². The second-order valence-corrected chi connectivity index (χ2v) is 9.02. The van der Waals surface area contributed by atoms with Crippen LogP contribution in [0.1, 0.15) is 66.7 Å². The predicted molar refractivity (Wildman–Crippen MR) is 115 cm³/mol. The lowest BCUT2D eigenvalue weighted by Gasteiger charge is -2.39. The highest BCUT2D eigenvalue weighted by atomic mass is 16.5. The van der Waals surface area contributed by atoms with E-state index in [2.05, 4.69) is 47.4 Å². The molecule has 0 bridgehead atoms. The maximum absolute atomic E-state index is 5.78. The van der Waals surface area contributed by atoms with Gasteiger partial charge >= 0.3 is 0 Å². The van der Waals surface area contributed by atoms with Crippen LogP contribution in [0.3, 0.4) is 0 Å². The van der Waals surface area contributed by atoms with E-state index in [1.165, 1.54) is 62.7 Å². The molecular weight excluding hydrogens is 342 g/mol. The molecule has 2 heteroatoms. The maximum Gasteiger partial charge on any atom is 0.122 e. The highest BCUT2D eigenvalue weighted by Gasteiger charge is 2.35. The van der Waals surface area contributed by atoms with E-state index in [9.17, 15) is 0 Å². The zero-order valence-corrected chi connectivity index (χ0v) is 17.2.